The lowest BCUT2D eigenvalue weighted by Gasteiger charge is -2.31. The maximum absolute atomic E-state index is 12.6. The van der Waals surface area contributed by atoms with E-state index >= 15 is 0 Å². The highest BCUT2D eigenvalue weighted by atomic mass is 16.6. The first-order chi connectivity index (χ1) is 24.1. The fourth-order valence-electron chi connectivity index (χ4n) is 4.80. The average molecular weight is 699 g/mol. The number of hydrogen-bond donors (Lipinski definition) is 1. The summed E-state index contributed by atoms with van der Waals surface area (Å²) in [5.74, 6) is -1.56. The summed E-state index contributed by atoms with van der Waals surface area (Å²) in [6.07, 6.45) is 40.6. The number of quaternary nitrogens is 1. The van der Waals surface area contributed by atoms with Gasteiger partial charge in [-0.3, -0.25) is 9.59 Å². The minimum absolute atomic E-state index is 0.0338. The van der Waals surface area contributed by atoms with E-state index in [1.165, 1.54) is 0 Å². The van der Waals surface area contributed by atoms with E-state index in [0.717, 1.165) is 77.0 Å². The summed E-state index contributed by atoms with van der Waals surface area (Å²) in [6.45, 7) is 4.35. The number of allylic oxidation sites excluding steroid dienone is 14. The van der Waals surface area contributed by atoms with Crippen molar-refractivity contribution < 1.29 is 38.2 Å². The van der Waals surface area contributed by atoms with Crippen molar-refractivity contribution in [3.63, 3.8) is 0 Å². The number of unbranched alkanes of at least 4 members (excludes halogenated alkanes) is 8. The van der Waals surface area contributed by atoms with Crippen LogP contribution in [0.4, 0.5) is 0 Å². The molecule has 0 rings (SSSR count). The number of hydrogen-bond acceptors (Lipinski definition) is 6. The Hall–Kier alpha value is -3.49. The Morgan fingerprint density at radius 2 is 1.06 bits per heavy atom. The highest BCUT2D eigenvalue weighted by Gasteiger charge is 2.31. The molecule has 0 saturated heterocycles. The number of rotatable bonds is 31. The van der Waals surface area contributed by atoms with E-state index in [1.54, 1.807) is 0 Å². The lowest BCUT2D eigenvalue weighted by atomic mass is 10.1. The monoisotopic (exact) mass is 698 g/mol. The smallest absolute Gasteiger partial charge is 0.362 e. The third-order valence-electron chi connectivity index (χ3n) is 7.70. The van der Waals surface area contributed by atoms with E-state index in [4.69, 9.17) is 14.2 Å². The molecule has 282 valence electrons. The molecule has 0 aromatic heterocycles. The van der Waals surface area contributed by atoms with Gasteiger partial charge in [-0.05, 0) is 51.4 Å². The van der Waals surface area contributed by atoms with Gasteiger partial charge in [-0.25, -0.2) is 4.79 Å². The van der Waals surface area contributed by atoms with E-state index in [0.29, 0.717) is 19.3 Å². The predicted molar refractivity (Wildman–Crippen MR) is 206 cm³/mol. The fourth-order valence-corrected chi connectivity index (χ4v) is 4.80. The second kappa shape index (κ2) is 32.7. The molecule has 8 heteroatoms. The average Bonchev–Trinajstić information content (AvgIpc) is 3.06. The van der Waals surface area contributed by atoms with Crippen LogP contribution in [0, 0.1) is 0 Å². The van der Waals surface area contributed by atoms with Crippen LogP contribution < -0.4 is 0 Å². The van der Waals surface area contributed by atoms with E-state index in [-0.39, 0.29) is 36.2 Å². The summed E-state index contributed by atoms with van der Waals surface area (Å²) in [5.41, 5.74) is 0. The van der Waals surface area contributed by atoms with Crippen LogP contribution in [0.25, 0.3) is 0 Å². The van der Waals surface area contributed by atoms with Crippen LogP contribution in [0.3, 0.4) is 0 Å². The molecular formula is C42H68NO7+. The highest BCUT2D eigenvalue weighted by Crippen LogP contribution is 2.12. The second-order valence-corrected chi connectivity index (χ2v) is 13.2. The molecule has 0 bridgehead atoms. The van der Waals surface area contributed by atoms with Crippen molar-refractivity contribution in [2.45, 2.75) is 122 Å². The predicted octanol–water partition coefficient (Wildman–Crippen LogP) is 9.40. The van der Waals surface area contributed by atoms with Crippen molar-refractivity contribution in [3.8, 4) is 0 Å². The summed E-state index contributed by atoms with van der Waals surface area (Å²) >= 11 is 0. The molecule has 0 aromatic rings. The molecule has 0 fully saturated rings. The number of esters is 2. The third-order valence-corrected chi connectivity index (χ3v) is 7.70. The Kier molecular flexibility index (Phi) is 30.4. The number of carboxylic acid groups (broad SMARTS) is 1. The van der Waals surface area contributed by atoms with Gasteiger partial charge in [0.05, 0.1) is 34.4 Å². The van der Waals surface area contributed by atoms with Gasteiger partial charge in [-0.15, -0.1) is 0 Å². The van der Waals surface area contributed by atoms with Gasteiger partial charge in [-0.2, -0.15) is 0 Å². The van der Waals surface area contributed by atoms with Crippen molar-refractivity contribution in [1.29, 1.82) is 0 Å². The van der Waals surface area contributed by atoms with E-state index < -0.39 is 18.1 Å². The lowest BCUT2D eigenvalue weighted by molar-refractivity contribution is -0.887. The molecule has 0 radical (unpaired) electrons. The van der Waals surface area contributed by atoms with Crippen LogP contribution in [0.5, 0.6) is 0 Å². The number of ether oxygens (including phenoxy) is 3. The van der Waals surface area contributed by atoms with Crippen molar-refractivity contribution in [2.24, 2.45) is 0 Å². The second-order valence-electron chi connectivity index (χ2n) is 13.2. The zero-order valence-corrected chi connectivity index (χ0v) is 31.8. The van der Waals surface area contributed by atoms with Crippen molar-refractivity contribution in [2.75, 3.05) is 41.0 Å². The molecule has 0 saturated carbocycles. The van der Waals surface area contributed by atoms with Crippen LogP contribution in [-0.4, -0.2) is 80.6 Å². The van der Waals surface area contributed by atoms with E-state index in [2.05, 4.69) is 50.3 Å². The molecule has 8 nitrogen and oxygen atoms in total. The first-order valence-corrected chi connectivity index (χ1v) is 18.7. The molecule has 2 unspecified atom stereocenters. The minimum atomic E-state index is -0.890. The van der Waals surface area contributed by atoms with Gasteiger partial charge in [-0.1, -0.05) is 125 Å². The van der Waals surface area contributed by atoms with Gasteiger partial charge in [0.1, 0.15) is 6.61 Å². The topological polar surface area (TPSA) is 99.1 Å². The first-order valence-electron chi connectivity index (χ1n) is 18.7. The zero-order chi connectivity index (χ0) is 37.1. The van der Waals surface area contributed by atoms with Crippen molar-refractivity contribution in [3.05, 3.63) is 85.1 Å². The van der Waals surface area contributed by atoms with Gasteiger partial charge < -0.3 is 23.8 Å². The van der Waals surface area contributed by atoms with Gasteiger partial charge in [0.2, 0.25) is 0 Å². The number of carbonyl (C=O) groups is 3. The molecule has 0 aliphatic heterocycles. The van der Waals surface area contributed by atoms with Crippen molar-refractivity contribution >= 4 is 17.9 Å². The zero-order valence-electron chi connectivity index (χ0n) is 31.8. The molecule has 0 heterocycles. The molecule has 50 heavy (non-hydrogen) atoms. The summed E-state index contributed by atoms with van der Waals surface area (Å²) < 4.78 is 17.1. The maximum atomic E-state index is 12.6. The van der Waals surface area contributed by atoms with Crippen LogP contribution in [0.1, 0.15) is 110 Å². The van der Waals surface area contributed by atoms with Gasteiger partial charge in [0.15, 0.2) is 12.1 Å². The number of carboxylic acids is 1. The quantitative estimate of drug-likeness (QED) is 0.0333. The molecule has 0 aliphatic rings. The highest BCUT2D eigenvalue weighted by molar-refractivity contribution is 5.72. The van der Waals surface area contributed by atoms with Crippen LogP contribution >= 0.6 is 0 Å². The van der Waals surface area contributed by atoms with Crippen LogP contribution in [0.2, 0.25) is 0 Å². The van der Waals surface area contributed by atoms with Crippen LogP contribution in [0.15, 0.2) is 85.1 Å². The van der Waals surface area contributed by atoms with Crippen LogP contribution in [-0.2, 0) is 28.6 Å². The molecule has 0 aliphatic carbocycles. The Morgan fingerprint density at radius 1 is 0.600 bits per heavy atom. The SMILES string of the molecule is CC/C=C/C=C/C=C/C=C/CCCCCC(=O)OCC(COCCC(C(=O)O)[N+](C)(C)C)OC(=O)CCCCCCC/C=C/C=C/C=C/CC. The van der Waals surface area contributed by atoms with Crippen molar-refractivity contribution in [1.82, 2.24) is 0 Å². The molecule has 0 aromatic carbocycles. The molecular weight excluding hydrogens is 630 g/mol. The molecule has 0 amide bonds. The maximum Gasteiger partial charge on any atom is 0.362 e. The number of likely N-dealkylation sites (N-methyl/N-ethyl adjacent to an activating group) is 1. The number of carbonyl (C=O) groups excluding carboxylic acids is 2. The lowest BCUT2D eigenvalue weighted by Crippen LogP contribution is -2.50. The molecule has 0 spiro atoms. The Labute approximate surface area is 303 Å². The normalized spacial score (nSPS) is 14.0. The summed E-state index contributed by atoms with van der Waals surface area (Å²) in [7, 11) is 5.48. The summed E-state index contributed by atoms with van der Waals surface area (Å²) in [5, 5.41) is 9.58. The van der Waals surface area contributed by atoms with Gasteiger partial charge in [0, 0.05) is 19.3 Å². The Bertz CT molecular complexity index is 1090. The summed E-state index contributed by atoms with van der Waals surface area (Å²) in [6, 6.07) is -0.628. The third kappa shape index (κ3) is 30.6. The first kappa shape index (κ1) is 46.5. The fraction of sp³-hybridized carbons (Fsp3) is 0.595. The summed E-state index contributed by atoms with van der Waals surface area (Å²) in [4.78, 5) is 36.8. The standard InChI is InChI=1S/C42H67NO7/c1-6-8-10-12-14-16-18-20-22-24-26-28-30-32-40(44)49-37-38(36-48-35-34-39(42(46)47)43(3,4)5)50-41(45)33-31-29-27-25-23-21-19-17-15-13-11-9-7-2/h8-20,22,38-39H,6-7,21,23-37H2,1-5H3/p+1/b10-8+,11-9+,14-12+,15-13+,18-16+,19-17+,22-20+. The minimum Gasteiger partial charge on any atom is -0.477 e. The van der Waals surface area contributed by atoms with E-state index in [1.807, 2.05) is 69.8 Å². The van der Waals surface area contributed by atoms with E-state index in [9.17, 15) is 19.5 Å². The molecule has 2 atom stereocenters. The number of aliphatic carboxylic acids is 1. The number of nitrogens with zero attached hydrogens (tertiary/aromatic N) is 1. The Balaban J connectivity index is 4.56. The largest absolute Gasteiger partial charge is 0.477 e. The Morgan fingerprint density at radius 3 is 1.58 bits per heavy atom. The molecule has 1 N–H and O–H groups in total. The van der Waals surface area contributed by atoms with Gasteiger partial charge >= 0.3 is 17.9 Å². The van der Waals surface area contributed by atoms with Gasteiger partial charge in [0.25, 0.3) is 0 Å².